The largest absolute Gasteiger partial charge is 0.497 e. The maximum absolute atomic E-state index is 13.7. The number of nitrogen functional groups attached to an aromatic ring is 1. The van der Waals surface area contributed by atoms with Crippen LogP contribution in [0.3, 0.4) is 0 Å². The van der Waals surface area contributed by atoms with Crippen molar-refractivity contribution in [2.75, 3.05) is 30.8 Å². The van der Waals surface area contributed by atoms with Crippen molar-refractivity contribution < 1.29 is 9.13 Å². The lowest BCUT2D eigenvalue weighted by Gasteiger charge is -2.37. The van der Waals surface area contributed by atoms with Gasteiger partial charge in [0.05, 0.1) is 12.8 Å². The third-order valence-electron chi connectivity index (χ3n) is 9.78. The van der Waals surface area contributed by atoms with Crippen molar-refractivity contribution in [3.05, 3.63) is 106 Å². The van der Waals surface area contributed by atoms with Gasteiger partial charge in [0, 0.05) is 41.8 Å². The molecule has 6 rings (SSSR count). The summed E-state index contributed by atoms with van der Waals surface area (Å²) in [6.45, 7) is 8.72. The summed E-state index contributed by atoms with van der Waals surface area (Å²) in [5.41, 5.74) is 21.5. The molecule has 0 unspecified atom stereocenters. The van der Waals surface area contributed by atoms with Crippen LogP contribution in [0.1, 0.15) is 84.5 Å². The first-order valence-corrected chi connectivity index (χ1v) is 16.2. The molecule has 0 atom stereocenters. The molecule has 2 aliphatic rings. The van der Waals surface area contributed by atoms with E-state index in [1.807, 2.05) is 24.3 Å². The Labute approximate surface area is 261 Å². The third-order valence-corrected chi connectivity index (χ3v) is 9.78. The number of methoxy groups -OCH3 is 1. The van der Waals surface area contributed by atoms with Gasteiger partial charge in [0.1, 0.15) is 11.6 Å². The van der Waals surface area contributed by atoms with Gasteiger partial charge in [-0.1, -0.05) is 38.1 Å². The first-order valence-electron chi connectivity index (χ1n) is 16.2. The van der Waals surface area contributed by atoms with Crippen molar-refractivity contribution in [1.82, 2.24) is 4.98 Å². The fraction of sp³-hybridized carbons (Fsp3) is 0.359. The summed E-state index contributed by atoms with van der Waals surface area (Å²) >= 11 is 0. The summed E-state index contributed by atoms with van der Waals surface area (Å²) in [6, 6.07) is 17.4. The Kier molecular flexibility index (Phi) is 8.74. The molecule has 44 heavy (non-hydrogen) atoms. The number of nitrogens with two attached hydrogens (primary N) is 1. The number of halogens is 1. The molecule has 1 aromatic heterocycles. The Morgan fingerprint density at radius 2 is 1.66 bits per heavy atom. The van der Waals surface area contributed by atoms with Crippen molar-refractivity contribution in [3.63, 3.8) is 0 Å². The van der Waals surface area contributed by atoms with Gasteiger partial charge in [-0.25, -0.2) is 4.39 Å². The highest BCUT2D eigenvalue weighted by molar-refractivity contribution is 5.88. The number of ether oxygens (including phenoxy) is 1. The number of aromatic nitrogens is 1. The van der Waals surface area contributed by atoms with Gasteiger partial charge in [-0.05, 0) is 133 Å². The second-order valence-electron chi connectivity index (χ2n) is 12.3. The van der Waals surface area contributed by atoms with E-state index in [2.05, 4.69) is 56.1 Å². The number of pyridine rings is 1. The fourth-order valence-corrected chi connectivity index (χ4v) is 7.46. The molecule has 0 bridgehead atoms. The molecule has 0 radical (unpaired) electrons. The number of rotatable bonds is 7. The number of allylic oxidation sites excluding steroid dienone is 1. The molecule has 0 saturated carbocycles. The molecule has 2 heterocycles. The lowest BCUT2D eigenvalue weighted by molar-refractivity contribution is 0.415. The number of fused-ring (bicyclic) bond motifs is 1. The average molecular weight is 590 g/mol. The molecule has 5 heteroatoms. The number of hydrogen-bond acceptors (Lipinski definition) is 4. The lowest BCUT2D eigenvalue weighted by Crippen LogP contribution is -2.34. The number of nitrogens with zero attached hydrogens (tertiary/aromatic N) is 2. The zero-order valence-corrected chi connectivity index (χ0v) is 26.6. The minimum atomic E-state index is -0.194. The predicted octanol–water partition coefficient (Wildman–Crippen LogP) is 9.17. The normalized spacial score (nSPS) is 15.5. The Bertz CT molecular complexity index is 1670. The predicted molar refractivity (Wildman–Crippen MR) is 182 cm³/mol. The monoisotopic (exact) mass is 589 g/mol. The maximum Gasteiger partial charge on any atom is 0.123 e. The van der Waals surface area contributed by atoms with Crippen LogP contribution in [0.4, 0.5) is 15.8 Å². The average Bonchev–Trinajstić information content (AvgIpc) is 3.27. The molecule has 1 fully saturated rings. The number of anilines is 2. The zero-order valence-electron chi connectivity index (χ0n) is 26.6. The molecule has 228 valence electrons. The van der Waals surface area contributed by atoms with Crippen LogP contribution >= 0.6 is 0 Å². The molecular weight excluding hydrogens is 545 g/mol. The molecule has 3 aromatic carbocycles. The van der Waals surface area contributed by atoms with Gasteiger partial charge in [0.2, 0.25) is 0 Å². The molecule has 0 amide bonds. The number of piperidine rings is 1. The van der Waals surface area contributed by atoms with Crippen LogP contribution in [0.2, 0.25) is 0 Å². The first kappa shape index (κ1) is 29.9. The van der Waals surface area contributed by atoms with Crippen molar-refractivity contribution in [3.8, 4) is 16.9 Å². The summed E-state index contributed by atoms with van der Waals surface area (Å²) in [7, 11) is 1.69. The SMILES string of the molecule is CCc1cnc2c(c1N1CCC(c3cc(N)c(-c4ccc(OC)cc4)c(C)c3CC)CC1)C=C(c1ccc(F)cc1)CCC2. The molecule has 2 N–H and O–H groups in total. The molecule has 0 spiro atoms. The number of hydrogen-bond donors (Lipinski definition) is 1. The van der Waals surface area contributed by atoms with Gasteiger partial charge in [-0.3, -0.25) is 4.98 Å². The van der Waals surface area contributed by atoms with E-state index in [1.54, 1.807) is 19.2 Å². The molecule has 4 nitrogen and oxygen atoms in total. The van der Waals surface area contributed by atoms with Crippen LogP contribution in [-0.4, -0.2) is 25.2 Å². The number of aryl methyl sites for hydroxylation is 2. The second-order valence-corrected chi connectivity index (χ2v) is 12.3. The zero-order chi connectivity index (χ0) is 30.8. The van der Waals surface area contributed by atoms with E-state index < -0.39 is 0 Å². The van der Waals surface area contributed by atoms with Gasteiger partial charge < -0.3 is 15.4 Å². The highest BCUT2D eigenvalue weighted by Crippen LogP contribution is 2.42. The van der Waals surface area contributed by atoms with Crippen LogP contribution in [-0.2, 0) is 19.3 Å². The van der Waals surface area contributed by atoms with Crippen molar-refractivity contribution >= 4 is 23.0 Å². The minimum Gasteiger partial charge on any atom is -0.497 e. The summed E-state index contributed by atoms with van der Waals surface area (Å²) in [6.07, 6.45) is 11.5. The molecular formula is C39H44FN3O. The van der Waals surface area contributed by atoms with Crippen LogP contribution in [0.15, 0.2) is 60.8 Å². The van der Waals surface area contributed by atoms with E-state index in [1.165, 1.54) is 44.8 Å². The van der Waals surface area contributed by atoms with E-state index >= 15 is 0 Å². The van der Waals surface area contributed by atoms with Gasteiger partial charge >= 0.3 is 0 Å². The minimum absolute atomic E-state index is 0.194. The maximum atomic E-state index is 13.7. The summed E-state index contributed by atoms with van der Waals surface area (Å²) in [5.74, 6) is 1.13. The third kappa shape index (κ3) is 5.72. The van der Waals surface area contributed by atoms with E-state index in [0.717, 1.165) is 86.2 Å². The molecule has 1 saturated heterocycles. The highest BCUT2D eigenvalue weighted by atomic mass is 19.1. The van der Waals surface area contributed by atoms with Gasteiger partial charge in [-0.2, -0.15) is 0 Å². The van der Waals surface area contributed by atoms with E-state index in [-0.39, 0.29) is 5.82 Å². The van der Waals surface area contributed by atoms with Crippen molar-refractivity contribution in [2.24, 2.45) is 0 Å². The van der Waals surface area contributed by atoms with Crippen molar-refractivity contribution in [2.45, 2.75) is 71.6 Å². The first-order chi connectivity index (χ1) is 21.4. The molecule has 4 aromatic rings. The van der Waals surface area contributed by atoms with Crippen molar-refractivity contribution in [1.29, 1.82) is 0 Å². The Morgan fingerprint density at radius 1 is 0.955 bits per heavy atom. The Hall–Kier alpha value is -4.12. The molecule has 1 aliphatic carbocycles. The topological polar surface area (TPSA) is 51.4 Å². The summed E-state index contributed by atoms with van der Waals surface area (Å²) < 4.78 is 19.1. The summed E-state index contributed by atoms with van der Waals surface area (Å²) in [4.78, 5) is 7.55. The summed E-state index contributed by atoms with van der Waals surface area (Å²) in [5, 5.41) is 0. The Balaban J connectivity index is 1.30. The van der Waals surface area contributed by atoms with E-state index in [0.29, 0.717) is 5.92 Å². The lowest BCUT2D eigenvalue weighted by atomic mass is 9.81. The smallest absolute Gasteiger partial charge is 0.123 e. The van der Waals surface area contributed by atoms with E-state index in [4.69, 9.17) is 15.5 Å². The Morgan fingerprint density at radius 3 is 2.32 bits per heavy atom. The van der Waals surface area contributed by atoms with Crippen LogP contribution < -0.4 is 15.4 Å². The van der Waals surface area contributed by atoms with Crippen LogP contribution in [0, 0.1) is 12.7 Å². The fourth-order valence-electron chi connectivity index (χ4n) is 7.46. The van der Waals surface area contributed by atoms with E-state index in [9.17, 15) is 4.39 Å². The molecule has 1 aliphatic heterocycles. The second kappa shape index (κ2) is 12.9. The van der Waals surface area contributed by atoms with Gasteiger partial charge in [0.25, 0.3) is 0 Å². The highest BCUT2D eigenvalue weighted by Gasteiger charge is 2.28. The quantitative estimate of drug-likeness (QED) is 0.218. The van der Waals surface area contributed by atoms with Crippen LogP contribution in [0.5, 0.6) is 5.75 Å². The van der Waals surface area contributed by atoms with Crippen LogP contribution in [0.25, 0.3) is 22.8 Å². The van der Waals surface area contributed by atoms with Gasteiger partial charge in [-0.15, -0.1) is 0 Å². The number of benzene rings is 3. The standard InChI is InChI=1S/C39H44FN3O/c1-5-26-24-42-37-9-7-8-30(27-10-14-31(40)15-11-27)22-35(37)39(26)43-20-18-28(19-21-43)34-23-36(41)38(25(3)33(34)6-2)29-12-16-32(44-4)17-13-29/h10-17,22-24,28H,5-9,18-21,41H2,1-4H3. The van der Waals surface area contributed by atoms with Gasteiger partial charge in [0.15, 0.2) is 0 Å².